The van der Waals surface area contributed by atoms with Gasteiger partial charge in [0.05, 0.1) is 35.3 Å². The van der Waals surface area contributed by atoms with Gasteiger partial charge in [0.15, 0.2) is 9.84 Å². The molecule has 0 aliphatic heterocycles. The van der Waals surface area contributed by atoms with Gasteiger partial charge in [0.25, 0.3) is 10.1 Å². The van der Waals surface area contributed by atoms with Crippen molar-refractivity contribution < 1.29 is 26.1 Å². The Morgan fingerprint density at radius 2 is 1.83 bits per heavy atom. The number of nitrogens with two attached hydrogens (primary N) is 2. The van der Waals surface area contributed by atoms with Crippen LogP contribution in [0.2, 0.25) is 0 Å². The minimum atomic E-state index is -4.38. The summed E-state index contributed by atoms with van der Waals surface area (Å²) in [6.45, 7) is 1.44. The van der Waals surface area contributed by atoms with Crippen LogP contribution in [0.3, 0.4) is 0 Å². The van der Waals surface area contributed by atoms with Gasteiger partial charge in [-0.3, -0.25) is 4.55 Å². The van der Waals surface area contributed by atoms with Gasteiger partial charge in [-0.05, 0) is 18.2 Å². The molecular formula is C12H21N3O6S2. The van der Waals surface area contributed by atoms with Crippen molar-refractivity contribution >= 4 is 31.3 Å². The van der Waals surface area contributed by atoms with E-state index in [9.17, 15) is 16.8 Å². The fraction of sp³-hybridized carbons (Fsp3) is 0.500. The highest BCUT2D eigenvalue weighted by molar-refractivity contribution is 7.93. The summed E-state index contributed by atoms with van der Waals surface area (Å²) < 4.78 is 59.9. The van der Waals surface area contributed by atoms with Gasteiger partial charge in [-0.15, -0.1) is 0 Å². The maximum Gasteiger partial charge on any atom is 0.265 e. The average Bonchev–Trinajstić information content (AvgIpc) is 2.46. The van der Waals surface area contributed by atoms with Crippen LogP contribution in [0.4, 0.5) is 11.4 Å². The van der Waals surface area contributed by atoms with Crippen molar-refractivity contribution in [1.82, 2.24) is 0 Å². The molecule has 1 aromatic carbocycles. The zero-order chi connectivity index (χ0) is 17.5. The van der Waals surface area contributed by atoms with Gasteiger partial charge in [0.1, 0.15) is 0 Å². The molecule has 0 radical (unpaired) electrons. The number of hydrogen-bond acceptors (Lipinski definition) is 8. The minimum Gasteiger partial charge on any atom is -0.399 e. The smallest absolute Gasteiger partial charge is 0.265 e. The predicted octanol–water partition coefficient (Wildman–Crippen LogP) is -0.682. The Hall–Kier alpha value is -1.40. The summed E-state index contributed by atoms with van der Waals surface area (Å²) in [4.78, 5) is -0.125. The largest absolute Gasteiger partial charge is 0.399 e. The van der Waals surface area contributed by atoms with Crippen molar-refractivity contribution in [3.63, 3.8) is 0 Å². The Kier molecular flexibility index (Phi) is 7.22. The van der Waals surface area contributed by atoms with Crippen LogP contribution in [0, 0.1) is 0 Å². The molecule has 23 heavy (non-hydrogen) atoms. The van der Waals surface area contributed by atoms with Gasteiger partial charge in [0, 0.05) is 18.8 Å². The van der Waals surface area contributed by atoms with Crippen LogP contribution in [0.1, 0.15) is 0 Å². The van der Waals surface area contributed by atoms with E-state index in [2.05, 4.69) is 5.32 Å². The number of benzene rings is 1. The molecular weight excluding hydrogens is 346 g/mol. The standard InChI is InChI=1S/C12H21N3O6S2/c13-3-5-21-6-4-15-11-2-1-10(14)9-12(11)22(16,17)7-8-23(18,19)20/h1-2,9,15H,3-8,13-14H2,(H,18,19,20). The second kappa shape index (κ2) is 8.45. The number of rotatable bonds is 10. The number of nitrogen functional groups attached to an aromatic ring is 1. The fourth-order valence-corrected chi connectivity index (χ4v) is 4.44. The number of ether oxygens (including phenoxy) is 1. The summed E-state index contributed by atoms with van der Waals surface area (Å²) >= 11 is 0. The highest BCUT2D eigenvalue weighted by Gasteiger charge is 2.22. The van der Waals surface area contributed by atoms with E-state index >= 15 is 0 Å². The summed E-state index contributed by atoms with van der Waals surface area (Å²) in [6, 6.07) is 4.24. The summed E-state index contributed by atoms with van der Waals surface area (Å²) in [6.07, 6.45) is 0. The third-order valence-corrected chi connectivity index (χ3v) is 5.50. The highest BCUT2D eigenvalue weighted by Crippen LogP contribution is 2.25. The molecule has 11 heteroatoms. The molecule has 132 valence electrons. The second-order valence-electron chi connectivity index (χ2n) is 4.69. The van der Waals surface area contributed by atoms with Crippen LogP contribution >= 0.6 is 0 Å². The number of anilines is 2. The van der Waals surface area contributed by atoms with Crippen LogP contribution in [-0.4, -0.2) is 59.2 Å². The Bertz CT molecular complexity index is 718. The Labute approximate surface area is 135 Å². The minimum absolute atomic E-state index is 0.125. The molecule has 0 saturated carbocycles. The van der Waals surface area contributed by atoms with Gasteiger partial charge >= 0.3 is 0 Å². The van der Waals surface area contributed by atoms with Crippen molar-refractivity contribution in [2.24, 2.45) is 5.73 Å². The molecule has 6 N–H and O–H groups in total. The second-order valence-corrected chi connectivity index (χ2v) is 8.34. The van der Waals surface area contributed by atoms with Gasteiger partial charge in [-0.25, -0.2) is 8.42 Å². The van der Waals surface area contributed by atoms with Crippen LogP contribution < -0.4 is 16.8 Å². The number of sulfone groups is 1. The maximum absolute atomic E-state index is 12.3. The lowest BCUT2D eigenvalue weighted by molar-refractivity contribution is 0.151. The van der Waals surface area contributed by atoms with E-state index in [4.69, 9.17) is 20.8 Å². The molecule has 0 aromatic heterocycles. The van der Waals surface area contributed by atoms with E-state index in [0.717, 1.165) is 0 Å². The Balaban J connectivity index is 2.89. The van der Waals surface area contributed by atoms with E-state index in [1.54, 1.807) is 0 Å². The first-order valence-corrected chi connectivity index (χ1v) is 10.0. The summed E-state index contributed by atoms with van der Waals surface area (Å²) in [5.41, 5.74) is 11.4. The maximum atomic E-state index is 12.3. The molecule has 0 amide bonds. The van der Waals surface area contributed by atoms with Crippen LogP contribution in [0.5, 0.6) is 0 Å². The third-order valence-electron chi connectivity index (χ3n) is 2.77. The molecule has 0 heterocycles. The molecule has 0 aliphatic rings. The third kappa shape index (κ3) is 7.14. The molecule has 9 nitrogen and oxygen atoms in total. The lowest BCUT2D eigenvalue weighted by atomic mass is 10.3. The summed E-state index contributed by atoms with van der Waals surface area (Å²) in [7, 11) is -8.31. The first kappa shape index (κ1) is 19.6. The molecule has 1 aromatic rings. The number of nitrogens with one attached hydrogen (secondary N) is 1. The highest BCUT2D eigenvalue weighted by atomic mass is 32.2. The molecule has 0 fully saturated rings. The normalized spacial score (nSPS) is 12.3. The van der Waals surface area contributed by atoms with Gasteiger partial charge in [-0.1, -0.05) is 0 Å². The Morgan fingerprint density at radius 1 is 1.13 bits per heavy atom. The van der Waals surface area contributed by atoms with E-state index in [0.29, 0.717) is 26.3 Å². The van der Waals surface area contributed by atoms with Crippen molar-refractivity contribution in [3.05, 3.63) is 18.2 Å². The fourth-order valence-electron chi connectivity index (χ4n) is 1.71. The van der Waals surface area contributed by atoms with Gasteiger partial charge in [0.2, 0.25) is 0 Å². The van der Waals surface area contributed by atoms with Crippen molar-refractivity contribution in [3.8, 4) is 0 Å². The zero-order valence-corrected chi connectivity index (χ0v) is 14.1. The lowest BCUT2D eigenvalue weighted by Gasteiger charge is -2.13. The van der Waals surface area contributed by atoms with Gasteiger partial charge < -0.3 is 21.5 Å². The summed E-state index contributed by atoms with van der Waals surface area (Å²) in [5, 5.41) is 2.89. The molecule has 0 unspecified atom stereocenters. The number of hydrogen-bond donors (Lipinski definition) is 4. The van der Waals surface area contributed by atoms with E-state index in [1.165, 1.54) is 18.2 Å². The van der Waals surface area contributed by atoms with Crippen LogP contribution in [0.25, 0.3) is 0 Å². The van der Waals surface area contributed by atoms with E-state index in [1.807, 2.05) is 0 Å². The molecule has 1 rings (SSSR count). The summed E-state index contributed by atoms with van der Waals surface area (Å²) in [5.74, 6) is -1.63. The first-order chi connectivity index (χ1) is 10.7. The monoisotopic (exact) mass is 367 g/mol. The average molecular weight is 367 g/mol. The van der Waals surface area contributed by atoms with E-state index < -0.39 is 31.5 Å². The Morgan fingerprint density at radius 3 is 2.43 bits per heavy atom. The van der Waals surface area contributed by atoms with Crippen molar-refractivity contribution in [2.75, 3.05) is 48.9 Å². The first-order valence-electron chi connectivity index (χ1n) is 6.75. The molecule has 0 saturated heterocycles. The van der Waals surface area contributed by atoms with Crippen molar-refractivity contribution in [2.45, 2.75) is 4.90 Å². The van der Waals surface area contributed by atoms with Crippen LogP contribution in [-0.2, 0) is 24.7 Å². The quantitative estimate of drug-likeness (QED) is 0.238. The van der Waals surface area contributed by atoms with Crippen LogP contribution in [0.15, 0.2) is 23.1 Å². The topological polar surface area (TPSA) is 162 Å². The predicted molar refractivity (Wildman–Crippen MR) is 87.7 cm³/mol. The molecule has 0 atom stereocenters. The van der Waals surface area contributed by atoms with Crippen molar-refractivity contribution in [1.29, 1.82) is 0 Å². The molecule has 0 aliphatic carbocycles. The zero-order valence-electron chi connectivity index (χ0n) is 12.4. The SMILES string of the molecule is NCCOCCNc1ccc(N)cc1S(=O)(=O)CCS(=O)(=O)O. The van der Waals surface area contributed by atoms with E-state index in [-0.39, 0.29) is 16.3 Å². The molecule has 0 bridgehead atoms. The lowest BCUT2D eigenvalue weighted by Crippen LogP contribution is -2.19. The molecule has 0 spiro atoms. The van der Waals surface area contributed by atoms with Gasteiger partial charge in [-0.2, -0.15) is 8.42 Å².